The summed E-state index contributed by atoms with van der Waals surface area (Å²) in [5.74, 6) is -0.456. The van der Waals surface area contributed by atoms with E-state index < -0.39 is 5.97 Å². The van der Waals surface area contributed by atoms with Crippen molar-refractivity contribution in [1.82, 2.24) is 19.6 Å². The number of nitrogens with zero attached hydrogens (tertiary/aromatic N) is 4. The number of carbonyl (C=O) groups is 1. The SMILES string of the molecule is Cc1nn(C)c(C(=O)OCCc2ccnn2C)c1N. The molecule has 0 bridgehead atoms. The van der Waals surface area contributed by atoms with E-state index in [0.717, 1.165) is 5.69 Å². The van der Waals surface area contributed by atoms with Gasteiger partial charge in [-0.15, -0.1) is 0 Å². The number of hydrogen-bond donors (Lipinski definition) is 1. The molecule has 2 heterocycles. The first-order valence-electron chi connectivity index (χ1n) is 5.93. The number of ether oxygens (including phenoxy) is 1. The number of anilines is 1. The molecule has 0 saturated heterocycles. The van der Waals surface area contributed by atoms with E-state index in [0.29, 0.717) is 23.5 Å². The van der Waals surface area contributed by atoms with Crippen LogP contribution in [0.5, 0.6) is 0 Å². The highest BCUT2D eigenvalue weighted by molar-refractivity contribution is 5.93. The van der Waals surface area contributed by atoms with Gasteiger partial charge in [0.1, 0.15) is 0 Å². The normalized spacial score (nSPS) is 10.7. The van der Waals surface area contributed by atoms with Gasteiger partial charge >= 0.3 is 5.97 Å². The van der Waals surface area contributed by atoms with E-state index in [2.05, 4.69) is 10.2 Å². The molecule has 0 radical (unpaired) electrons. The third-order valence-corrected chi connectivity index (χ3v) is 2.98. The highest BCUT2D eigenvalue weighted by Gasteiger charge is 2.19. The topological polar surface area (TPSA) is 88.0 Å². The van der Waals surface area contributed by atoms with Gasteiger partial charge in [-0.2, -0.15) is 10.2 Å². The van der Waals surface area contributed by atoms with Gasteiger partial charge < -0.3 is 10.5 Å². The zero-order valence-corrected chi connectivity index (χ0v) is 11.3. The molecule has 0 aromatic carbocycles. The van der Waals surface area contributed by atoms with E-state index in [1.807, 2.05) is 13.1 Å². The molecule has 0 aliphatic heterocycles. The lowest BCUT2D eigenvalue weighted by atomic mass is 10.3. The van der Waals surface area contributed by atoms with Crippen LogP contribution in [0.2, 0.25) is 0 Å². The van der Waals surface area contributed by atoms with E-state index >= 15 is 0 Å². The number of rotatable bonds is 4. The molecule has 2 N–H and O–H groups in total. The average Bonchev–Trinajstić information content (AvgIpc) is 2.85. The average molecular weight is 263 g/mol. The number of nitrogens with two attached hydrogens (primary N) is 1. The Labute approximate surface area is 111 Å². The van der Waals surface area contributed by atoms with Gasteiger partial charge in [0.2, 0.25) is 0 Å². The smallest absolute Gasteiger partial charge is 0.358 e. The largest absolute Gasteiger partial charge is 0.461 e. The van der Waals surface area contributed by atoms with E-state index in [-0.39, 0.29) is 6.61 Å². The fourth-order valence-electron chi connectivity index (χ4n) is 1.88. The number of aryl methyl sites for hydroxylation is 3. The number of hydrogen-bond acceptors (Lipinski definition) is 5. The van der Waals surface area contributed by atoms with Crippen molar-refractivity contribution < 1.29 is 9.53 Å². The summed E-state index contributed by atoms with van der Waals surface area (Å²) in [5.41, 5.74) is 8.09. The summed E-state index contributed by atoms with van der Waals surface area (Å²) in [6.45, 7) is 2.03. The molecule has 0 unspecified atom stereocenters. The van der Waals surface area contributed by atoms with Gasteiger partial charge in [0.25, 0.3) is 0 Å². The number of esters is 1. The minimum Gasteiger partial charge on any atom is -0.461 e. The summed E-state index contributed by atoms with van der Waals surface area (Å²) in [6.07, 6.45) is 2.32. The summed E-state index contributed by atoms with van der Waals surface area (Å²) in [4.78, 5) is 11.9. The first kappa shape index (κ1) is 13.1. The Bertz CT molecular complexity index is 599. The van der Waals surface area contributed by atoms with Crippen molar-refractivity contribution in [1.29, 1.82) is 0 Å². The van der Waals surface area contributed by atoms with Crippen molar-refractivity contribution in [2.24, 2.45) is 14.1 Å². The van der Waals surface area contributed by atoms with Gasteiger partial charge in [-0.05, 0) is 13.0 Å². The molecule has 0 fully saturated rings. The molecular formula is C12H17N5O2. The molecule has 0 saturated carbocycles. The molecule has 19 heavy (non-hydrogen) atoms. The number of nitrogen functional groups attached to an aromatic ring is 1. The molecule has 2 aromatic heterocycles. The minimum atomic E-state index is -0.456. The van der Waals surface area contributed by atoms with Crippen LogP contribution in [0.25, 0.3) is 0 Å². The van der Waals surface area contributed by atoms with Crippen LogP contribution in [0.1, 0.15) is 21.9 Å². The van der Waals surface area contributed by atoms with Crippen molar-refractivity contribution >= 4 is 11.7 Å². The van der Waals surface area contributed by atoms with E-state index in [4.69, 9.17) is 10.5 Å². The number of carbonyl (C=O) groups excluding carboxylic acids is 1. The summed E-state index contributed by atoms with van der Waals surface area (Å²) in [7, 11) is 3.51. The number of aromatic nitrogens is 4. The molecule has 0 aliphatic carbocycles. The monoisotopic (exact) mass is 263 g/mol. The van der Waals surface area contributed by atoms with Crippen molar-refractivity contribution in [3.05, 3.63) is 29.3 Å². The van der Waals surface area contributed by atoms with Crippen LogP contribution in [-0.2, 0) is 25.3 Å². The maximum atomic E-state index is 11.9. The second-order valence-corrected chi connectivity index (χ2v) is 4.30. The molecule has 0 aliphatic rings. The van der Waals surface area contributed by atoms with Crippen molar-refractivity contribution in [3.8, 4) is 0 Å². The molecule has 2 rings (SSSR count). The zero-order chi connectivity index (χ0) is 14.0. The Morgan fingerprint density at radius 3 is 2.68 bits per heavy atom. The summed E-state index contributed by atoms with van der Waals surface area (Å²) in [5, 5.41) is 8.13. The fourth-order valence-corrected chi connectivity index (χ4v) is 1.88. The van der Waals surface area contributed by atoms with Gasteiger partial charge in [0.15, 0.2) is 5.69 Å². The van der Waals surface area contributed by atoms with Crippen LogP contribution >= 0.6 is 0 Å². The summed E-state index contributed by atoms with van der Waals surface area (Å²) in [6, 6.07) is 1.89. The van der Waals surface area contributed by atoms with Crippen LogP contribution in [-0.4, -0.2) is 32.1 Å². The van der Waals surface area contributed by atoms with Gasteiger partial charge in [0.05, 0.1) is 18.0 Å². The molecule has 0 spiro atoms. The second kappa shape index (κ2) is 5.13. The highest BCUT2D eigenvalue weighted by atomic mass is 16.5. The highest BCUT2D eigenvalue weighted by Crippen LogP contribution is 2.16. The Kier molecular flexibility index (Phi) is 3.55. The fraction of sp³-hybridized carbons (Fsp3) is 0.417. The quantitative estimate of drug-likeness (QED) is 0.809. The third-order valence-electron chi connectivity index (χ3n) is 2.98. The first-order valence-corrected chi connectivity index (χ1v) is 5.93. The van der Waals surface area contributed by atoms with Crippen LogP contribution in [0.4, 0.5) is 5.69 Å². The molecular weight excluding hydrogens is 246 g/mol. The maximum absolute atomic E-state index is 11.9. The Morgan fingerprint density at radius 2 is 2.16 bits per heavy atom. The van der Waals surface area contributed by atoms with Gasteiger partial charge in [-0.25, -0.2) is 4.79 Å². The van der Waals surface area contributed by atoms with Gasteiger partial charge in [0, 0.05) is 32.4 Å². The summed E-state index contributed by atoms with van der Waals surface area (Å²) >= 11 is 0. The lowest BCUT2D eigenvalue weighted by Gasteiger charge is -2.06. The van der Waals surface area contributed by atoms with E-state index in [1.165, 1.54) is 4.68 Å². The molecule has 2 aromatic rings. The third kappa shape index (κ3) is 2.59. The predicted molar refractivity (Wildman–Crippen MR) is 69.6 cm³/mol. The van der Waals surface area contributed by atoms with Gasteiger partial charge in [-0.3, -0.25) is 9.36 Å². The lowest BCUT2D eigenvalue weighted by Crippen LogP contribution is -2.15. The van der Waals surface area contributed by atoms with Crippen molar-refractivity contribution in [3.63, 3.8) is 0 Å². The van der Waals surface area contributed by atoms with Gasteiger partial charge in [-0.1, -0.05) is 0 Å². The predicted octanol–water partition coefficient (Wildman–Crippen LogP) is 0.444. The van der Waals surface area contributed by atoms with Crippen LogP contribution < -0.4 is 5.73 Å². The zero-order valence-electron chi connectivity index (χ0n) is 11.3. The maximum Gasteiger partial charge on any atom is 0.358 e. The standard InChI is InChI=1S/C12H17N5O2/c1-8-10(13)11(17(3)15-8)12(18)19-7-5-9-4-6-14-16(9)2/h4,6H,5,7,13H2,1-3H3. The Morgan fingerprint density at radius 1 is 1.42 bits per heavy atom. The van der Waals surface area contributed by atoms with Crippen LogP contribution in [0.3, 0.4) is 0 Å². The molecule has 7 nitrogen and oxygen atoms in total. The molecule has 0 amide bonds. The Balaban J connectivity index is 1.97. The minimum absolute atomic E-state index is 0.280. The van der Waals surface area contributed by atoms with E-state index in [1.54, 1.807) is 24.9 Å². The molecule has 102 valence electrons. The summed E-state index contributed by atoms with van der Waals surface area (Å²) < 4.78 is 8.40. The van der Waals surface area contributed by atoms with Crippen LogP contribution in [0.15, 0.2) is 12.3 Å². The van der Waals surface area contributed by atoms with Crippen LogP contribution in [0, 0.1) is 6.92 Å². The molecule has 0 atom stereocenters. The lowest BCUT2D eigenvalue weighted by molar-refractivity contribution is 0.0496. The van der Waals surface area contributed by atoms with E-state index in [9.17, 15) is 4.79 Å². The van der Waals surface area contributed by atoms with Crippen molar-refractivity contribution in [2.45, 2.75) is 13.3 Å². The van der Waals surface area contributed by atoms with Crippen molar-refractivity contribution in [2.75, 3.05) is 12.3 Å². The Hall–Kier alpha value is -2.31. The first-order chi connectivity index (χ1) is 9.00. The molecule has 7 heteroatoms. The second-order valence-electron chi connectivity index (χ2n) is 4.30.